The molecular formula is C8H11NOS. The lowest BCUT2D eigenvalue weighted by Gasteiger charge is -2.06. The molecule has 11 heavy (non-hydrogen) atoms. The van der Waals surface area contributed by atoms with Crippen molar-refractivity contribution in [3.05, 3.63) is 30.1 Å². The van der Waals surface area contributed by atoms with Gasteiger partial charge in [-0.15, -0.1) is 0 Å². The Balaban J connectivity index is 2.61. The third-order valence-electron chi connectivity index (χ3n) is 1.35. The molecule has 0 fully saturated rings. The van der Waals surface area contributed by atoms with E-state index in [4.69, 9.17) is 0 Å². The Morgan fingerprint density at radius 2 is 2.45 bits per heavy atom. The van der Waals surface area contributed by atoms with Gasteiger partial charge in [0.25, 0.3) is 0 Å². The lowest BCUT2D eigenvalue weighted by Crippen LogP contribution is -2.01. The zero-order valence-corrected chi connectivity index (χ0v) is 7.21. The maximum atomic E-state index is 9.44. The number of rotatable bonds is 3. The van der Waals surface area contributed by atoms with Gasteiger partial charge < -0.3 is 5.11 Å². The largest absolute Gasteiger partial charge is 0.386 e. The summed E-state index contributed by atoms with van der Waals surface area (Å²) >= 11 is 1.61. The molecule has 3 heteroatoms. The van der Waals surface area contributed by atoms with E-state index in [1.807, 2.05) is 24.5 Å². The third-order valence-corrected chi connectivity index (χ3v) is 2.00. The van der Waals surface area contributed by atoms with E-state index in [1.165, 1.54) is 0 Å². The van der Waals surface area contributed by atoms with E-state index in [0.717, 1.165) is 5.69 Å². The molecular weight excluding hydrogens is 158 g/mol. The van der Waals surface area contributed by atoms with Crippen molar-refractivity contribution in [3.8, 4) is 0 Å². The number of nitrogens with zero attached hydrogens (tertiary/aromatic N) is 1. The zero-order chi connectivity index (χ0) is 8.10. The van der Waals surface area contributed by atoms with E-state index in [1.54, 1.807) is 18.0 Å². The van der Waals surface area contributed by atoms with Gasteiger partial charge in [-0.3, -0.25) is 4.98 Å². The van der Waals surface area contributed by atoms with Crippen LogP contribution in [0.5, 0.6) is 0 Å². The normalized spacial score (nSPS) is 12.9. The Kier molecular flexibility index (Phi) is 3.39. The van der Waals surface area contributed by atoms with Crippen LogP contribution in [0.3, 0.4) is 0 Å². The number of hydrogen-bond donors (Lipinski definition) is 1. The SMILES string of the molecule is CSCC(O)c1ccccn1. The predicted molar refractivity (Wildman–Crippen MR) is 47.6 cm³/mol. The summed E-state index contributed by atoms with van der Waals surface area (Å²) in [5.74, 6) is 0.705. The lowest BCUT2D eigenvalue weighted by molar-refractivity contribution is 0.199. The molecule has 1 aromatic rings. The molecule has 1 unspecified atom stereocenters. The second kappa shape index (κ2) is 4.36. The Hall–Kier alpha value is -0.540. The van der Waals surface area contributed by atoms with Gasteiger partial charge in [-0.05, 0) is 18.4 Å². The summed E-state index contributed by atoms with van der Waals surface area (Å²) in [5, 5.41) is 9.44. The Labute approximate surface area is 70.7 Å². The first-order valence-electron chi connectivity index (χ1n) is 3.42. The molecule has 0 aliphatic heterocycles. The average Bonchev–Trinajstić information content (AvgIpc) is 2.07. The monoisotopic (exact) mass is 169 g/mol. The summed E-state index contributed by atoms with van der Waals surface area (Å²) in [6.07, 6.45) is 3.23. The maximum Gasteiger partial charge on any atom is 0.105 e. The number of aromatic nitrogens is 1. The molecule has 1 rings (SSSR count). The number of aliphatic hydroxyl groups excluding tert-OH is 1. The van der Waals surface area contributed by atoms with Gasteiger partial charge in [-0.2, -0.15) is 11.8 Å². The van der Waals surface area contributed by atoms with Crippen LogP contribution >= 0.6 is 11.8 Å². The molecule has 60 valence electrons. The highest BCUT2D eigenvalue weighted by atomic mass is 32.2. The fourth-order valence-electron chi connectivity index (χ4n) is 0.816. The minimum absolute atomic E-state index is 0.425. The van der Waals surface area contributed by atoms with Gasteiger partial charge in [0.05, 0.1) is 5.69 Å². The maximum absolute atomic E-state index is 9.44. The van der Waals surface area contributed by atoms with Crippen molar-refractivity contribution in [2.75, 3.05) is 12.0 Å². The third kappa shape index (κ3) is 2.52. The number of pyridine rings is 1. The molecule has 0 aromatic carbocycles. The fraction of sp³-hybridized carbons (Fsp3) is 0.375. The van der Waals surface area contributed by atoms with Crippen LogP contribution in [0.1, 0.15) is 11.8 Å². The molecule has 1 heterocycles. The van der Waals surface area contributed by atoms with Crippen LogP contribution in [-0.4, -0.2) is 22.1 Å². The van der Waals surface area contributed by atoms with Gasteiger partial charge in [0.2, 0.25) is 0 Å². The molecule has 2 nitrogen and oxygen atoms in total. The van der Waals surface area contributed by atoms with Crippen LogP contribution in [0.15, 0.2) is 24.4 Å². The lowest BCUT2D eigenvalue weighted by atomic mass is 10.2. The Morgan fingerprint density at radius 1 is 1.64 bits per heavy atom. The highest BCUT2D eigenvalue weighted by Crippen LogP contribution is 2.13. The first kappa shape index (κ1) is 8.56. The molecule has 1 atom stereocenters. The van der Waals surface area contributed by atoms with Crippen molar-refractivity contribution in [1.29, 1.82) is 0 Å². The first-order valence-corrected chi connectivity index (χ1v) is 4.82. The quantitative estimate of drug-likeness (QED) is 0.744. The molecule has 0 saturated carbocycles. The molecule has 0 aliphatic carbocycles. The Bertz CT molecular complexity index is 203. The molecule has 0 spiro atoms. The molecule has 0 bridgehead atoms. The van der Waals surface area contributed by atoms with Crippen LogP contribution in [-0.2, 0) is 0 Å². The minimum atomic E-state index is -0.425. The second-order valence-electron chi connectivity index (χ2n) is 2.23. The average molecular weight is 169 g/mol. The van der Waals surface area contributed by atoms with E-state index >= 15 is 0 Å². The summed E-state index contributed by atoms with van der Waals surface area (Å²) in [7, 11) is 0. The van der Waals surface area contributed by atoms with Gasteiger partial charge in [0, 0.05) is 11.9 Å². The van der Waals surface area contributed by atoms with E-state index < -0.39 is 6.10 Å². The number of aliphatic hydroxyl groups is 1. The minimum Gasteiger partial charge on any atom is -0.386 e. The number of thioether (sulfide) groups is 1. The molecule has 0 aliphatic rings. The van der Waals surface area contributed by atoms with Crippen LogP contribution in [0.25, 0.3) is 0 Å². The van der Waals surface area contributed by atoms with Gasteiger partial charge >= 0.3 is 0 Å². The smallest absolute Gasteiger partial charge is 0.105 e. The Morgan fingerprint density at radius 3 is 3.00 bits per heavy atom. The van der Waals surface area contributed by atoms with Crippen molar-refractivity contribution >= 4 is 11.8 Å². The summed E-state index contributed by atoms with van der Waals surface area (Å²) in [4.78, 5) is 4.03. The highest BCUT2D eigenvalue weighted by Gasteiger charge is 2.05. The molecule has 0 radical (unpaired) electrons. The van der Waals surface area contributed by atoms with Crippen molar-refractivity contribution < 1.29 is 5.11 Å². The molecule has 0 amide bonds. The van der Waals surface area contributed by atoms with E-state index in [9.17, 15) is 5.11 Å². The van der Waals surface area contributed by atoms with Crippen molar-refractivity contribution in [2.24, 2.45) is 0 Å². The van der Waals surface area contributed by atoms with Crippen molar-refractivity contribution in [1.82, 2.24) is 4.98 Å². The highest BCUT2D eigenvalue weighted by molar-refractivity contribution is 7.98. The van der Waals surface area contributed by atoms with Crippen LogP contribution < -0.4 is 0 Å². The zero-order valence-electron chi connectivity index (χ0n) is 6.40. The first-order chi connectivity index (χ1) is 5.34. The molecule has 1 N–H and O–H groups in total. The van der Waals surface area contributed by atoms with E-state index in [2.05, 4.69) is 4.98 Å². The predicted octanol–water partition coefficient (Wildman–Crippen LogP) is 1.48. The standard InChI is InChI=1S/C8H11NOS/c1-11-6-8(10)7-4-2-3-5-9-7/h2-5,8,10H,6H2,1H3. The van der Waals surface area contributed by atoms with Gasteiger partial charge in [-0.1, -0.05) is 6.07 Å². The van der Waals surface area contributed by atoms with Gasteiger partial charge in [0.15, 0.2) is 0 Å². The fourth-order valence-corrected chi connectivity index (χ4v) is 1.30. The van der Waals surface area contributed by atoms with Crippen LogP contribution in [0.2, 0.25) is 0 Å². The van der Waals surface area contributed by atoms with E-state index in [-0.39, 0.29) is 0 Å². The van der Waals surface area contributed by atoms with Crippen LogP contribution in [0, 0.1) is 0 Å². The van der Waals surface area contributed by atoms with E-state index in [0.29, 0.717) is 5.75 Å². The van der Waals surface area contributed by atoms with Crippen LogP contribution in [0.4, 0.5) is 0 Å². The van der Waals surface area contributed by atoms with Crippen molar-refractivity contribution in [3.63, 3.8) is 0 Å². The summed E-state index contributed by atoms with van der Waals surface area (Å²) in [6.45, 7) is 0. The van der Waals surface area contributed by atoms with Crippen molar-refractivity contribution in [2.45, 2.75) is 6.10 Å². The summed E-state index contributed by atoms with van der Waals surface area (Å²) in [5.41, 5.74) is 0.752. The molecule has 0 saturated heterocycles. The van der Waals surface area contributed by atoms with Gasteiger partial charge in [-0.25, -0.2) is 0 Å². The topological polar surface area (TPSA) is 33.1 Å². The summed E-state index contributed by atoms with van der Waals surface area (Å²) in [6, 6.07) is 5.56. The number of hydrogen-bond acceptors (Lipinski definition) is 3. The molecule has 1 aromatic heterocycles. The second-order valence-corrected chi connectivity index (χ2v) is 3.14. The van der Waals surface area contributed by atoms with Gasteiger partial charge in [0.1, 0.15) is 6.10 Å². The summed E-state index contributed by atoms with van der Waals surface area (Å²) < 4.78 is 0.